The number of nitrogens with one attached hydrogen (secondary N) is 2. The Labute approximate surface area is 163 Å². The molecule has 7 nitrogen and oxygen atoms in total. The Morgan fingerprint density at radius 1 is 1.37 bits per heavy atom. The zero-order valence-electron chi connectivity index (χ0n) is 15.5. The first kappa shape index (κ1) is 19.3. The summed E-state index contributed by atoms with van der Waals surface area (Å²) < 4.78 is 5.36. The molecule has 1 saturated heterocycles. The average Bonchev–Trinajstić information content (AvgIpc) is 3.19. The van der Waals surface area contributed by atoms with Gasteiger partial charge >= 0.3 is 0 Å². The number of amides is 2. The van der Waals surface area contributed by atoms with Crippen LogP contribution in [0.2, 0.25) is 0 Å². The highest BCUT2D eigenvalue weighted by Crippen LogP contribution is 2.22. The molecule has 2 N–H and O–H groups in total. The maximum absolute atomic E-state index is 12.5. The number of benzene rings is 1. The van der Waals surface area contributed by atoms with Crippen molar-refractivity contribution in [3.63, 3.8) is 0 Å². The number of anilines is 1. The summed E-state index contributed by atoms with van der Waals surface area (Å²) in [4.78, 5) is 31.4. The van der Waals surface area contributed by atoms with Gasteiger partial charge in [-0.2, -0.15) is 0 Å². The summed E-state index contributed by atoms with van der Waals surface area (Å²) in [7, 11) is 1.65. The van der Waals surface area contributed by atoms with E-state index in [0.717, 1.165) is 17.3 Å². The molecule has 1 aromatic heterocycles. The highest BCUT2D eigenvalue weighted by Gasteiger charge is 2.41. The fraction of sp³-hybridized carbons (Fsp3) is 0.421. The summed E-state index contributed by atoms with van der Waals surface area (Å²) in [6.45, 7) is 3.78. The summed E-state index contributed by atoms with van der Waals surface area (Å²) >= 11 is 5.38. The van der Waals surface area contributed by atoms with E-state index >= 15 is 0 Å². The predicted octanol–water partition coefficient (Wildman–Crippen LogP) is 2.35. The van der Waals surface area contributed by atoms with E-state index in [9.17, 15) is 9.59 Å². The number of rotatable bonds is 8. The Morgan fingerprint density at radius 2 is 2.19 bits per heavy atom. The Morgan fingerprint density at radius 3 is 2.96 bits per heavy atom. The van der Waals surface area contributed by atoms with Crippen molar-refractivity contribution in [3.8, 4) is 0 Å². The SMILES string of the molecule is CCOCCCN1C(=S)N(C)C(=O)C1CC(=O)Nc1ccc2cc[nH]c2c1. The summed E-state index contributed by atoms with van der Waals surface area (Å²) in [6.07, 6.45) is 2.65. The fourth-order valence-electron chi connectivity index (χ4n) is 3.22. The molecule has 2 heterocycles. The van der Waals surface area contributed by atoms with Crippen LogP contribution < -0.4 is 5.32 Å². The fourth-order valence-corrected chi connectivity index (χ4v) is 3.53. The quantitative estimate of drug-likeness (QED) is 0.536. The molecule has 2 aromatic rings. The normalized spacial score (nSPS) is 17.2. The van der Waals surface area contributed by atoms with E-state index in [1.807, 2.05) is 42.3 Å². The summed E-state index contributed by atoms with van der Waals surface area (Å²) in [5, 5.41) is 4.41. The van der Waals surface area contributed by atoms with Gasteiger partial charge in [-0.25, -0.2) is 0 Å². The van der Waals surface area contributed by atoms with E-state index < -0.39 is 6.04 Å². The van der Waals surface area contributed by atoms with Crippen LogP contribution in [0.5, 0.6) is 0 Å². The molecule has 1 fully saturated rings. The van der Waals surface area contributed by atoms with E-state index in [-0.39, 0.29) is 18.2 Å². The molecular formula is C19H24N4O3S. The van der Waals surface area contributed by atoms with E-state index in [1.165, 1.54) is 4.90 Å². The standard InChI is InChI=1S/C19H24N4O3S/c1-3-26-10-4-9-23-16(18(25)22(2)19(23)27)12-17(24)21-14-6-5-13-7-8-20-15(13)11-14/h5-8,11,16,20H,3-4,9-10,12H2,1-2H3,(H,21,24). The number of thiocarbonyl (C=S) groups is 1. The van der Waals surface area contributed by atoms with Gasteiger partial charge in [-0.05, 0) is 49.1 Å². The lowest BCUT2D eigenvalue weighted by Gasteiger charge is -2.23. The molecule has 8 heteroatoms. The van der Waals surface area contributed by atoms with Crippen molar-refractivity contribution in [3.05, 3.63) is 30.5 Å². The monoisotopic (exact) mass is 388 g/mol. The molecule has 0 aliphatic carbocycles. The molecule has 1 aliphatic rings. The molecule has 144 valence electrons. The van der Waals surface area contributed by atoms with Crippen LogP contribution >= 0.6 is 12.2 Å². The topological polar surface area (TPSA) is 77.7 Å². The van der Waals surface area contributed by atoms with Gasteiger partial charge in [0.15, 0.2) is 5.11 Å². The summed E-state index contributed by atoms with van der Waals surface area (Å²) in [5.41, 5.74) is 1.64. The molecule has 1 unspecified atom stereocenters. The van der Waals surface area contributed by atoms with E-state index in [0.29, 0.717) is 30.6 Å². The molecule has 2 amide bonds. The lowest BCUT2D eigenvalue weighted by molar-refractivity contribution is -0.130. The van der Waals surface area contributed by atoms with Crippen LogP contribution in [-0.4, -0.2) is 64.6 Å². The first-order valence-corrected chi connectivity index (χ1v) is 9.45. The zero-order chi connectivity index (χ0) is 19.4. The second kappa shape index (κ2) is 8.49. The van der Waals surface area contributed by atoms with Gasteiger partial charge in [0.1, 0.15) is 6.04 Å². The Bertz CT molecular complexity index is 850. The maximum Gasteiger partial charge on any atom is 0.251 e. The van der Waals surface area contributed by atoms with Crippen LogP contribution in [0.4, 0.5) is 5.69 Å². The van der Waals surface area contributed by atoms with Crippen molar-refractivity contribution in [1.29, 1.82) is 0 Å². The van der Waals surface area contributed by atoms with Crippen molar-refractivity contribution < 1.29 is 14.3 Å². The number of carbonyl (C=O) groups excluding carboxylic acids is 2. The van der Waals surface area contributed by atoms with E-state index in [4.69, 9.17) is 17.0 Å². The number of hydrogen-bond donors (Lipinski definition) is 2. The molecule has 1 aliphatic heterocycles. The van der Waals surface area contributed by atoms with Gasteiger partial charge in [0.05, 0.1) is 6.42 Å². The molecule has 0 spiro atoms. The summed E-state index contributed by atoms with van der Waals surface area (Å²) in [6, 6.07) is 7.06. The number of aromatic nitrogens is 1. The number of carbonyl (C=O) groups is 2. The van der Waals surface area contributed by atoms with Gasteiger partial charge < -0.3 is 19.9 Å². The van der Waals surface area contributed by atoms with Crippen LogP contribution in [0.3, 0.4) is 0 Å². The van der Waals surface area contributed by atoms with Gasteiger partial charge in [0, 0.05) is 44.2 Å². The van der Waals surface area contributed by atoms with E-state index in [1.54, 1.807) is 7.05 Å². The van der Waals surface area contributed by atoms with Crippen LogP contribution in [0, 0.1) is 0 Å². The maximum atomic E-state index is 12.5. The van der Waals surface area contributed by atoms with Crippen LogP contribution in [0.1, 0.15) is 19.8 Å². The lowest BCUT2D eigenvalue weighted by Crippen LogP contribution is -2.38. The molecule has 1 aromatic carbocycles. The van der Waals surface area contributed by atoms with Gasteiger partial charge in [-0.3, -0.25) is 14.5 Å². The number of likely N-dealkylation sites (N-methyl/N-ethyl adjacent to an activating group) is 1. The van der Waals surface area contributed by atoms with Crippen molar-refractivity contribution in [2.45, 2.75) is 25.8 Å². The number of aromatic amines is 1. The zero-order valence-corrected chi connectivity index (χ0v) is 16.3. The van der Waals surface area contributed by atoms with Gasteiger partial charge in [-0.15, -0.1) is 0 Å². The smallest absolute Gasteiger partial charge is 0.251 e. The molecular weight excluding hydrogens is 364 g/mol. The van der Waals surface area contributed by atoms with Crippen LogP contribution in [-0.2, 0) is 14.3 Å². The minimum atomic E-state index is -0.571. The lowest BCUT2D eigenvalue weighted by atomic mass is 10.1. The number of nitrogens with zero attached hydrogens (tertiary/aromatic N) is 2. The molecule has 0 bridgehead atoms. The van der Waals surface area contributed by atoms with Crippen molar-refractivity contribution in [2.75, 3.05) is 32.1 Å². The summed E-state index contributed by atoms with van der Waals surface area (Å²) in [5.74, 6) is -0.362. The Hall–Kier alpha value is -2.45. The Balaban J connectivity index is 1.64. The number of H-pyrrole nitrogens is 1. The Kier molecular flexibility index (Phi) is 6.08. The minimum absolute atomic E-state index is 0.0563. The largest absolute Gasteiger partial charge is 0.382 e. The first-order valence-electron chi connectivity index (χ1n) is 9.04. The average molecular weight is 388 g/mol. The van der Waals surface area contributed by atoms with Crippen LogP contribution in [0.25, 0.3) is 10.9 Å². The third kappa shape index (κ3) is 4.28. The third-order valence-electron chi connectivity index (χ3n) is 4.63. The number of ether oxygens (including phenoxy) is 1. The second-order valence-corrected chi connectivity index (χ2v) is 6.84. The predicted molar refractivity (Wildman–Crippen MR) is 109 cm³/mol. The van der Waals surface area contributed by atoms with Crippen molar-refractivity contribution in [1.82, 2.24) is 14.8 Å². The molecule has 0 saturated carbocycles. The molecule has 27 heavy (non-hydrogen) atoms. The van der Waals surface area contributed by atoms with Gasteiger partial charge in [0.25, 0.3) is 5.91 Å². The molecule has 1 atom stereocenters. The molecule has 3 rings (SSSR count). The van der Waals surface area contributed by atoms with E-state index in [2.05, 4.69) is 10.3 Å². The van der Waals surface area contributed by atoms with Crippen molar-refractivity contribution >= 4 is 45.7 Å². The molecule has 0 radical (unpaired) electrons. The highest BCUT2D eigenvalue weighted by molar-refractivity contribution is 7.80. The second-order valence-electron chi connectivity index (χ2n) is 6.47. The van der Waals surface area contributed by atoms with Crippen LogP contribution in [0.15, 0.2) is 30.5 Å². The number of fused-ring (bicyclic) bond motifs is 1. The third-order valence-corrected chi connectivity index (χ3v) is 5.14. The minimum Gasteiger partial charge on any atom is -0.382 e. The van der Waals surface area contributed by atoms with Crippen molar-refractivity contribution in [2.24, 2.45) is 0 Å². The van der Waals surface area contributed by atoms with Gasteiger partial charge in [0.2, 0.25) is 5.91 Å². The number of hydrogen-bond acceptors (Lipinski definition) is 4. The highest BCUT2D eigenvalue weighted by atomic mass is 32.1. The van der Waals surface area contributed by atoms with Gasteiger partial charge in [-0.1, -0.05) is 6.07 Å². The first-order chi connectivity index (χ1) is 13.0.